The van der Waals surface area contributed by atoms with Crippen LogP contribution in [0.15, 0.2) is 18.2 Å². The van der Waals surface area contributed by atoms with Crippen molar-refractivity contribution < 1.29 is 14.3 Å². The van der Waals surface area contributed by atoms with E-state index in [-0.39, 0.29) is 12.5 Å². The molecule has 1 amide bonds. The molecule has 2 rings (SSSR count). The van der Waals surface area contributed by atoms with E-state index in [0.29, 0.717) is 22.7 Å². The van der Waals surface area contributed by atoms with E-state index in [1.807, 2.05) is 39.0 Å². The lowest BCUT2D eigenvalue weighted by Gasteiger charge is -2.09. The summed E-state index contributed by atoms with van der Waals surface area (Å²) in [5.74, 6) is -0.946. The predicted molar refractivity (Wildman–Crippen MR) is 84.1 cm³/mol. The number of nitrogens with one attached hydrogen (secondary N) is 1. The molecule has 2 aromatic rings. The summed E-state index contributed by atoms with van der Waals surface area (Å²) in [6.07, 6.45) is 0.593. The van der Waals surface area contributed by atoms with Crippen molar-refractivity contribution >= 4 is 29.1 Å². The van der Waals surface area contributed by atoms with Crippen LogP contribution in [0.3, 0.4) is 0 Å². The van der Waals surface area contributed by atoms with Gasteiger partial charge in [0.1, 0.15) is 0 Å². The maximum atomic E-state index is 11.9. The van der Waals surface area contributed by atoms with Gasteiger partial charge in [-0.2, -0.15) is 0 Å². The van der Waals surface area contributed by atoms with Gasteiger partial charge in [0.25, 0.3) is 5.91 Å². The quantitative estimate of drug-likeness (QED) is 0.856. The highest BCUT2D eigenvalue weighted by molar-refractivity contribution is 7.07. The number of carbonyl (C=O) groups is 2. The van der Waals surface area contributed by atoms with Crippen LogP contribution in [-0.4, -0.2) is 28.1 Å². The van der Waals surface area contributed by atoms with E-state index in [9.17, 15) is 9.59 Å². The SMILES string of the molecule is CCc1nnsc1C(=O)OCC(=O)Nc1ccc(C)cc1C. The number of aromatic nitrogens is 2. The summed E-state index contributed by atoms with van der Waals surface area (Å²) >= 11 is 0.975. The van der Waals surface area contributed by atoms with E-state index in [1.165, 1.54) is 0 Å². The first-order valence-corrected chi connectivity index (χ1v) is 7.64. The highest BCUT2D eigenvalue weighted by atomic mass is 32.1. The molecule has 116 valence electrons. The second-order valence-electron chi connectivity index (χ2n) is 4.84. The van der Waals surface area contributed by atoms with Gasteiger partial charge in [-0.05, 0) is 43.4 Å². The lowest BCUT2D eigenvalue weighted by molar-refractivity contribution is -0.119. The molecule has 0 radical (unpaired) electrons. The van der Waals surface area contributed by atoms with Gasteiger partial charge in [0, 0.05) is 5.69 Å². The second kappa shape index (κ2) is 7.13. The van der Waals surface area contributed by atoms with Gasteiger partial charge in [-0.25, -0.2) is 4.79 Å². The fourth-order valence-corrected chi connectivity index (χ4v) is 2.58. The van der Waals surface area contributed by atoms with Gasteiger partial charge in [0.2, 0.25) is 0 Å². The molecule has 6 nitrogen and oxygen atoms in total. The van der Waals surface area contributed by atoms with E-state index in [4.69, 9.17) is 4.74 Å². The van der Waals surface area contributed by atoms with E-state index >= 15 is 0 Å². The van der Waals surface area contributed by atoms with Crippen LogP contribution in [0.2, 0.25) is 0 Å². The molecule has 0 spiro atoms. The number of esters is 1. The standard InChI is InChI=1S/C15H17N3O3S/c1-4-11-14(22-18-17-11)15(20)21-8-13(19)16-12-6-5-9(2)7-10(12)3/h5-7H,4,8H2,1-3H3,(H,16,19). The predicted octanol–water partition coefficient (Wildman–Crippen LogP) is 2.51. The van der Waals surface area contributed by atoms with Crippen molar-refractivity contribution in [1.29, 1.82) is 0 Å². The third-order valence-corrected chi connectivity index (χ3v) is 3.81. The Labute approximate surface area is 132 Å². The van der Waals surface area contributed by atoms with Crippen molar-refractivity contribution in [3.63, 3.8) is 0 Å². The first kappa shape index (κ1) is 16.1. The lowest BCUT2D eigenvalue weighted by Crippen LogP contribution is -2.21. The number of nitrogens with zero attached hydrogens (tertiary/aromatic N) is 2. The number of hydrogen-bond acceptors (Lipinski definition) is 6. The summed E-state index contributed by atoms with van der Waals surface area (Å²) in [6.45, 7) is 5.42. The van der Waals surface area contributed by atoms with E-state index < -0.39 is 5.97 Å². The largest absolute Gasteiger partial charge is 0.451 e. The molecule has 1 heterocycles. The monoisotopic (exact) mass is 319 g/mol. The van der Waals surface area contributed by atoms with Crippen LogP contribution in [0, 0.1) is 13.8 Å². The van der Waals surface area contributed by atoms with Crippen LogP contribution in [-0.2, 0) is 16.0 Å². The van der Waals surface area contributed by atoms with Gasteiger partial charge >= 0.3 is 5.97 Å². The molecule has 0 bridgehead atoms. The van der Waals surface area contributed by atoms with Crippen molar-refractivity contribution in [1.82, 2.24) is 9.59 Å². The molecular formula is C15H17N3O3S. The second-order valence-corrected chi connectivity index (χ2v) is 5.60. The maximum Gasteiger partial charge on any atom is 0.352 e. The van der Waals surface area contributed by atoms with Crippen LogP contribution >= 0.6 is 11.5 Å². The van der Waals surface area contributed by atoms with Gasteiger partial charge < -0.3 is 10.1 Å². The van der Waals surface area contributed by atoms with E-state index in [1.54, 1.807) is 0 Å². The maximum absolute atomic E-state index is 11.9. The smallest absolute Gasteiger partial charge is 0.352 e. The molecule has 0 aliphatic carbocycles. The number of ether oxygens (including phenoxy) is 1. The summed E-state index contributed by atoms with van der Waals surface area (Å²) < 4.78 is 8.72. The van der Waals surface area contributed by atoms with Gasteiger partial charge in [-0.3, -0.25) is 4.79 Å². The molecule has 22 heavy (non-hydrogen) atoms. The number of aryl methyl sites for hydroxylation is 3. The fraction of sp³-hybridized carbons (Fsp3) is 0.333. The number of amides is 1. The summed E-state index contributed by atoms with van der Waals surface area (Å²) in [6, 6.07) is 5.70. The zero-order chi connectivity index (χ0) is 16.1. The van der Waals surface area contributed by atoms with Crippen LogP contribution in [0.5, 0.6) is 0 Å². The molecule has 7 heteroatoms. The summed E-state index contributed by atoms with van der Waals surface area (Å²) in [4.78, 5) is 24.1. The van der Waals surface area contributed by atoms with Gasteiger partial charge in [0.15, 0.2) is 11.5 Å². The average Bonchev–Trinajstić information content (AvgIpc) is 2.96. The Kier molecular flexibility index (Phi) is 5.21. The Bertz CT molecular complexity index is 697. The molecular weight excluding hydrogens is 302 g/mol. The highest BCUT2D eigenvalue weighted by Crippen LogP contribution is 2.16. The minimum atomic E-state index is -0.567. The fourth-order valence-electron chi connectivity index (χ4n) is 1.93. The van der Waals surface area contributed by atoms with E-state index in [0.717, 1.165) is 22.7 Å². The Morgan fingerprint density at radius 3 is 2.77 bits per heavy atom. The topological polar surface area (TPSA) is 81.2 Å². The average molecular weight is 319 g/mol. The molecule has 0 aliphatic rings. The summed E-state index contributed by atoms with van der Waals surface area (Å²) in [7, 11) is 0. The molecule has 1 N–H and O–H groups in total. The number of hydrogen-bond donors (Lipinski definition) is 1. The van der Waals surface area contributed by atoms with Gasteiger partial charge in [0.05, 0.1) is 5.69 Å². The number of benzene rings is 1. The van der Waals surface area contributed by atoms with E-state index in [2.05, 4.69) is 14.9 Å². The Hall–Kier alpha value is -2.28. The normalized spacial score (nSPS) is 10.3. The zero-order valence-electron chi connectivity index (χ0n) is 12.7. The third-order valence-electron chi connectivity index (χ3n) is 3.07. The van der Waals surface area contributed by atoms with Crippen molar-refractivity contribution in [3.05, 3.63) is 39.9 Å². The summed E-state index contributed by atoms with van der Waals surface area (Å²) in [5.41, 5.74) is 3.37. The molecule has 0 unspecified atom stereocenters. The number of anilines is 1. The zero-order valence-corrected chi connectivity index (χ0v) is 13.5. The first-order valence-electron chi connectivity index (χ1n) is 6.86. The molecule has 1 aromatic carbocycles. The minimum absolute atomic E-state index is 0.340. The molecule has 0 saturated carbocycles. The lowest BCUT2D eigenvalue weighted by atomic mass is 10.1. The Balaban J connectivity index is 1.91. The molecule has 0 fully saturated rings. The first-order chi connectivity index (χ1) is 10.5. The van der Waals surface area contributed by atoms with Crippen molar-refractivity contribution in [2.75, 3.05) is 11.9 Å². The number of rotatable bonds is 5. The van der Waals surface area contributed by atoms with Crippen LogP contribution in [0.1, 0.15) is 33.4 Å². The van der Waals surface area contributed by atoms with Crippen molar-refractivity contribution in [2.24, 2.45) is 0 Å². The van der Waals surface area contributed by atoms with Gasteiger partial charge in [-0.1, -0.05) is 29.1 Å². The molecule has 0 atom stereocenters. The number of carbonyl (C=O) groups excluding carboxylic acids is 2. The minimum Gasteiger partial charge on any atom is -0.451 e. The van der Waals surface area contributed by atoms with Gasteiger partial charge in [-0.15, -0.1) is 5.10 Å². The Morgan fingerprint density at radius 1 is 1.32 bits per heavy atom. The molecule has 1 aromatic heterocycles. The van der Waals surface area contributed by atoms with Crippen LogP contribution in [0.25, 0.3) is 0 Å². The Morgan fingerprint density at radius 2 is 2.09 bits per heavy atom. The van der Waals surface area contributed by atoms with Crippen LogP contribution < -0.4 is 5.32 Å². The summed E-state index contributed by atoms with van der Waals surface area (Å²) in [5, 5.41) is 6.56. The van der Waals surface area contributed by atoms with Crippen molar-refractivity contribution in [2.45, 2.75) is 27.2 Å². The third kappa shape index (κ3) is 3.88. The molecule has 0 saturated heterocycles. The molecule has 0 aliphatic heterocycles. The van der Waals surface area contributed by atoms with Crippen LogP contribution in [0.4, 0.5) is 5.69 Å². The van der Waals surface area contributed by atoms with Crippen molar-refractivity contribution in [3.8, 4) is 0 Å². The highest BCUT2D eigenvalue weighted by Gasteiger charge is 2.17.